The minimum absolute atomic E-state index is 0.631. The van der Waals surface area contributed by atoms with E-state index in [1.165, 1.54) is 6.33 Å². The number of rotatable bonds is 6. The Morgan fingerprint density at radius 2 is 1.73 bits per heavy atom. The number of ether oxygens (including phenoxy) is 1. The maximum Gasteiger partial charge on any atom is 0.139 e. The highest BCUT2D eigenvalue weighted by atomic mass is 16.5. The second-order valence-corrected chi connectivity index (χ2v) is 5.86. The first-order valence-electron chi connectivity index (χ1n) is 8.42. The van der Waals surface area contributed by atoms with Gasteiger partial charge in [0.05, 0.1) is 6.61 Å². The van der Waals surface area contributed by atoms with Crippen LogP contribution < -0.4 is 5.32 Å². The third kappa shape index (κ3) is 3.14. The Morgan fingerprint density at radius 3 is 2.50 bits per heavy atom. The van der Waals surface area contributed by atoms with Crippen molar-refractivity contribution in [2.75, 3.05) is 25.6 Å². The van der Waals surface area contributed by atoms with Gasteiger partial charge in [-0.25, -0.2) is 15.0 Å². The number of anilines is 1. The Hall–Kier alpha value is -3.25. The first kappa shape index (κ1) is 16.2. The Kier molecular flexibility index (Phi) is 4.57. The molecule has 0 saturated carbocycles. The van der Waals surface area contributed by atoms with E-state index in [1.54, 1.807) is 7.11 Å². The molecule has 6 nitrogen and oxygen atoms in total. The summed E-state index contributed by atoms with van der Waals surface area (Å²) >= 11 is 0. The van der Waals surface area contributed by atoms with Crippen molar-refractivity contribution in [1.29, 1.82) is 0 Å². The van der Waals surface area contributed by atoms with Gasteiger partial charge in [-0.15, -0.1) is 0 Å². The summed E-state index contributed by atoms with van der Waals surface area (Å²) in [6, 6.07) is 14.3. The third-order valence-electron chi connectivity index (χ3n) is 4.18. The van der Waals surface area contributed by atoms with Gasteiger partial charge >= 0.3 is 0 Å². The van der Waals surface area contributed by atoms with Crippen molar-refractivity contribution in [3.8, 4) is 22.4 Å². The lowest BCUT2D eigenvalue weighted by Gasteiger charge is -2.09. The topological polar surface area (TPSA) is 64.3 Å². The van der Waals surface area contributed by atoms with Crippen LogP contribution >= 0.6 is 0 Å². The van der Waals surface area contributed by atoms with Gasteiger partial charge in [-0.3, -0.25) is 4.40 Å². The van der Waals surface area contributed by atoms with Crippen molar-refractivity contribution >= 4 is 11.5 Å². The molecule has 0 fully saturated rings. The minimum Gasteiger partial charge on any atom is -0.383 e. The largest absolute Gasteiger partial charge is 0.383 e. The van der Waals surface area contributed by atoms with Crippen LogP contribution in [-0.2, 0) is 4.74 Å². The smallest absolute Gasteiger partial charge is 0.139 e. The van der Waals surface area contributed by atoms with E-state index < -0.39 is 0 Å². The Labute approximate surface area is 151 Å². The Balaban J connectivity index is 1.72. The molecule has 3 heterocycles. The van der Waals surface area contributed by atoms with Crippen molar-refractivity contribution in [3.63, 3.8) is 0 Å². The lowest BCUT2D eigenvalue weighted by Crippen LogP contribution is -2.09. The first-order valence-corrected chi connectivity index (χ1v) is 8.42. The average Bonchev–Trinajstić information content (AvgIpc) is 3.08. The molecule has 1 aromatic carbocycles. The number of benzene rings is 1. The molecule has 0 atom stereocenters. The van der Waals surface area contributed by atoms with E-state index in [0.29, 0.717) is 13.2 Å². The minimum atomic E-state index is 0.631. The van der Waals surface area contributed by atoms with Crippen LogP contribution in [0.25, 0.3) is 28.0 Å². The van der Waals surface area contributed by atoms with Gasteiger partial charge in [0.1, 0.15) is 23.5 Å². The quantitative estimate of drug-likeness (QED) is 0.542. The summed E-state index contributed by atoms with van der Waals surface area (Å²) in [6.07, 6.45) is 7.17. The number of methoxy groups -OCH3 is 1. The summed E-state index contributed by atoms with van der Waals surface area (Å²) in [6.45, 7) is 1.35. The van der Waals surface area contributed by atoms with Crippen LogP contribution in [0.4, 0.5) is 5.82 Å². The highest BCUT2D eigenvalue weighted by Gasteiger charge is 2.13. The fraction of sp³-hybridized carbons (Fsp3) is 0.150. The van der Waals surface area contributed by atoms with Crippen LogP contribution in [0.1, 0.15) is 0 Å². The molecule has 0 radical (unpaired) electrons. The van der Waals surface area contributed by atoms with Crippen LogP contribution in [-0.4, -0.2) is 39.6 Å². The van der Waals surface area contributed by atoms with Gasteiger partial charge in [0.2, 0.25) is 0 Å². The standard InChI is InChI=1S/C20H19N5O/c1-26-11-9-23-20-19(24-18-4-2-3-10-25(18)20)16-7-5-15(6-8-16)17-12-21-14-22-13-17/h2-8,10,12-14,23H,9,11H2,1H3. The molecule has 6 heteroatoms. The van der Waals surface area contributed by atoms with E-state index in [2.05, 4.69) is 44.0 Å². The molecule has 0 saturated heterocycles. The Bertz CT molecular complexity index is 996. The average molecular weight is 345 g/mol. The molecular weight excluding hydrogens is 326 g/mol. The van der Waals surface area contributed by atoms with E-state index >= 15 is 0 Å². The van der Waals surface area contributed by atoms with Gasteiger partial charge in [-0.2, -0.15) is 0 Å². The van der Waals surface area contributed by atoms with E-state index in [9.17, 15) is 0 Å². The zero-order chi connectivity index (χ0) is 17.8. The molecule has 1 N–H and O–H groups in total. The number of fused-ring (bicyclic) bond motifs is 1. The zero-order valence-electron chi connectivity index (χ0n) is 14.5. The second-order valence-electron chi connectivity index (χ2n) is 5.86. The molecule has 4 rings (SSSR count). The molecule has 0 spiro atoms. The fourth-order valence-electron chi connectivity index (χ4n) is 2.91. The van der Waals surface area contributed by atoms with Crippen LogP contribution in [0.5, 0.6) is 0 Å². The number of nitrogens with zero attached hydrogens (tertiary/aromatic N) is 4. The molecular formula is C20H19N5O. The van der Waals surface area contributed by atoms with Crippen LogP contribution in [0.3, 0.4) is 0 Å². The maximum atomic E-state index is 5.16. The molecule has 0 aliphatic rings. The van der Waals surface area contributed by atoms with Crippen molar-refractivity contribution in [1.82, 2.24) is 19.4 Å². The summed E-state index contributed by atoms with van der Waals surface area (Å²) in [4.78, 5) is 13.0. The predicted octanol–water partition coefficient (Wildman–Crippen LogP) is 3.52. The van der Waals surface area contributed by atoms with Crippen molar-refractivity contribution in [3.05, 3.63) is 67.4 Å². The SMILES string of the molecule is COCCNc1c(-c2ccc(-c3cncnc3)cc2)nc2ccccn12. The van der Waals surface area contributed by atoms with Crippen molar-refractivity contribution < 1.29 is 4.74 Å². The highest BCUT2D eigenvalue weighted by molar-refractivity contribution is 5.78. The van der Waals surface area contributed by atoms with E-state index in [1.807, 2.05) is 36.8 Å². The fourth-order valence-corrected chi connectivity index (χ4v) is 2.91. The molecule has 0 aliphatic heterocycles. The predicted molar refractivity (Wildman–Crippen MR) is 102 cm³/mol. The van der Waals surface area contributed by atoms with Gasteiger partial charge in [0, 0.05) is 43.4 Å². The number of nitrogens with one attached hydrogen (secondary N) is 1. The van der Waals surface area contributed by atoms with E-state index in [0.717, 1.165) is 33.8 Å². The molecule has 26 heavy (non-hydrogen) atoms. The second kappa shape index (κ2) is 7.33. The van der Waals surface area contributed by atoms with E-state index in [-0.39, 0.29) is 0 Å². The van der Waals surface area contributed by atoms with Gasteiger partial charge in [0.15, 0.2) is 0 Å². The first-order chi connectivity index (χ1) is 12.9. The number of pyridine rings is 1. The summed E-state index contributed by atoms with van der Waals surface area (Å²) < 4.78 is 7.22. The molecule has 0 amide bonds. The lowest BCUT2D eigenvalue weighted by atomic mass is 10.1. The molecule has 0 unspecified atom stereocenters. The van der Waals surface area contributed by atoms with Gasteiger partial charge in [-0.05, 0) is 17.7 Å². The number of imidazole rings is 1. The van der Waals surface area contributed by atoms with Gasteiger partial charge in [0.25, 0.3) is 0 Å². The highest BCUT2D eigenvalue weighted by Crippen LogP contribution is 2.30. The third-order valence-corrected chi connectivity index (χ3v) is 4.18. The lowest BCUT2D eigenvalue weighted by molar-refractivity contribution is 0.210. The Morgan fingerprint density at radius 1 is 0.962 bits per heavy atom. The normalized spacial score (nSPS) is 11.0. The summed E-state index contributed by atoms with van der Waals surface area (Å²) in [5.74, 6) is 0.966. The van der Waals surface area contributed by atoms with Gasteiger partial charge in [-0.1, -0.05) is 30.3 Å². The van der Waals surface area contributed by atoms with Crippen LogP contribution in [0.15, 0.2) is 67.4 Å². The number of aromatic nitrogens is 4. The maximum absolute atomic E-state index is 5.16. The molecule has 0 aliphatic carbocycles. The van der Waals surface area contributed by atoms with E-state index in [4.69, 9.17) is 9.72 Å². The van der Waals surface area contributed by atoms with Gasteiger partial charge < -0.3 is 10.1 Å². The summed E-state index contributed by atoms with van der Waals surface area (Å²) in [5, 5.41) is 3.44. The number of hydrogen-bond donors (Lipinski definition) is 1. The summed E-state index contributed by atoms with van der Waals surface area (Å²) in [7, 11) is 1.70. The molecule has 3 aromatic heterocycles. The van der Waals surface area contributed by atoms with Crippen LogP contribution in [0, 0.1) is 0 Å². The molecule has 4 aromatic rings. The van der Waals surface area contributed by atoms with Crippen LogP contribution in [0.2, 0.25) is 0 Å². The monoisotopic (exact) mass is 345 g/mol. The summed E-state index contributed by atoms with van der Waals surface area (Å²) in [5.41, 5.74) is 4.94. The molecule has 130 valence electrons. The molecule has 0 bridgehead atoms. The zero-order valence-corrected chi connectivity index (χ0v) is 14.5. The van der Waals surface area contributed by atoms with Crippen molar-refractivity contribution in [2.24, 2.45) is 0 Å². The van der Waals surface area contributed by atoms with Crippen molar-refractivity contribution in [2.45, 2.75) is 0 Å². The number of hydrogen-bond acceptors (Lipinski definition) is 5.